The minimum atomic E-state index is -0.105. The molecule has 3 aromatic rings. The molecule has 5 nitrogen and oxygen atoms in total. The van der Waals surface area contributed by atoms with Crippen LogP contribution in [0.25, 0.3) is 10.2 Å². The molecule has 0 atom stereocenters. The topological polar surface area (TPSA) is 54.5 Å². The maximum absolute atomic E-state index is 12.4. The van der Waals surface area contributed by atoms with Crippen molar-refractivity contribution in [3.05, 3.63) is 53.1 Å². The van der Waals surface area contributed by atoms with Crippen LogP contribution in [0, 0.1) is 6.92 Å². The number of hydrogen-bond donors (Lipinski definition) is 1. The molecule has 0 radical (unpaired) electrons. The van der Waals surface area contributed by atoms with E-state index in [2.05, 4.69) is 29.4 Å². The third-order valence-electron chi connectivity index (χ3n) is 4.67. The number of piperidine rings is 1. The number of urea groups is 1. The largest absolute Gasteiger partial charge is 0.467 e. The Morgan fingerprint density at radius 3 is 2.78 bits per heavy atom. The number of aromatic nitrogens is 1. The molecule has 2 amide bonds. The van der Waals surface area contributed by atoms with Crippen molar-refractivity contribution in [1.82, 2.24) is 9.88 Å². The van der Waals surface area contributed by atoms with Gasteiger partial charge in [-0.25, -0.2) is 9.78 Å². The molecular weight excluding hydrogens is 382 g/mol. The third-order valence-corrected chi connectivity index (χ3v) is 5.82. The fraction of sp³-hybridized carbons (Fsp3) is 0.300. The molecule has 0 saturated carbocycles. The second-order valence-electron chi connectivity index (χ2n) is 6.65. The zero-order valence-electron chi connectivity index (χ0n) is 14.9. The number of ether oxygens (including phenoxy) is 1. The number of rotatable bonds is 3. The number of para-hydroxylation sites is 1. The van der Waals surface area contributed by atoms with E-state index in [0.29, 0.717) is 29.0 Å². The van der Waals surface area contributed by atoms with Gasteiger partial charge in [0.05, 0.1) is 10.2 Å². The number of likely N-dealkylation sites (tertiary alicyclic amines) is 1. The van der Waals surface area contributed by atoms with Gasteiger partial charge in [0.1, 0.15) is 6.10 Å². The van der Waals surface area contributed by atoms with Gasteiger partial charge in [-0.05, 0) is 36.8 Å². The summed E-state index contributed by atoms with van der Waals surface area (Å²) < 4.78 is 7.23. The molecule has 1 aliphatic heterocycles. The average molecular weight is 402 g/mol. The summed E-state index contributed by atoms with van der Waals surface area (Å²) in [6.07, 6.45) is 1.66. The maximum Gasteiger partial charge on any atom is 0.321 e. The molecule has 1 aliphatic rings. The van der Waals surface area contributed by atoms with Crippen molar-refractivity contribution in [2.24, 2.45) is 0 Å². The quantitative estimate of drug-likeness (QED) is 0.645. The highest BCUT2D eigenvalue weighted by Gasteiger charge is 2.25. The highest BCUT2D eigenvalue weighted by molar-refractivity contribution is 7.20. The lowest BCUT2D eigenvalue weighted by Crippen LogP contribution is -2.43. The highest BCUT2D eigenvalue weighted by Crippen LogP contribution is 2.31. The van der Waals surface area contributed by atoms with Crippen LogP contribution in [-0.4, -0.2) is 35.1 Å². The van der Waals surface area contributed by atoms with Gasteiger partial charge in [0.25, 0.3) is 5.19 Å². The second-order valence-corrected chi connectivity index (χ2v) is 8.08. The first-order valence-corrected chi connectivity index (χ1v) is 10.1. The summed E-state index contributed by atoms with van der Waals surface area (Å²) in [5.74, 6) is 0. The molecule has 2 aromatic carbocycles. The minimum Gasteiger partial charge on any atom is -0.467 e. The number of nitrogens with zero attached hydrogens (tertiary/aromatic N) is 2. The predicted octanol–water partition coefficient (Wildman–Crippen LogP) is 5.33. The Balaban J connectivity index is 1.33. The molecule has 7 heteroatoms. The third kappa shape index (κ3) is 4.17. The smallest absolute Gasteiger partial charge is 0.321 e. The average Bonchev–Trinajstić information content (AvgIpc) is 3.06. The molecule has 0 bridgehead atoms. The molecule has 0 spiro atoms. The summed E-state index contributed by atoms with van der Waals surface area (Å²) >= 11 is 7.54. The first-order valence-electron chi connectivity index (χ1n) is 8.93. The Morgan fingerprint density at radius 2 is 2.04 bits per heavy atom. The summed E-state index contributed by atoms with van der Waals surface area (Å²) in [4.78, 5) is 18.8. The minimum absolute atomic E-state index is 0.0843. The standard InChI is InChI=1S/C20H20ClN3O2S/c1-13-4-2-7-17-18(13)23-20(27-17)26-16-8-10-24(11-9-16)19(25)22-15-6-3-5-14(21)12-15/h2-7,12,16H,8-11H2,1H3,(H,22,25). The summed E-state index contributed by atoms with van der Waals surface area (Å²) in [5.41, 5.74) is 2.87. The first-order chi connectivity index (χ1) is 13.1. The van der Waals surface area contributed by atoms with Gasteiger partial charge >= 0.3 is 6.03 Å². The van der Waals surface area contributed by atoms with Crippen molar-refractivity contribution in [2.45, 2.75) is 25.9 Å². The molecule has 4 rings (SSSR count). The normalized spacial score (nSPS) is 15.1. The SMILES string of the molecule is Cc1cccc2sc(OC3CCN(C(=O)Nc4cccc(Cl)c4)CC3)nc12. The van der Waals surface area contributed by atoms with Crippen LogP contribution in [0.4, 0.5) is 10.5 Å². The number of nitrogens with one attached hydrogen (secondary N) is 1. The molecule has 27 heavy (non-hydrogen) atoms. The number of anilines is 1. The molecule has 1 saturated heterocycles. The van der Waals surface area contributed by atoms with Gasteiger partial charge in [-0.3, -0.25) is 0 Å². The lowest BCUT2D eigenvalue weighted by atomic mass is 10.1. The second kappa shape index (κ2) is 7.74. The van der Waals surface area contributed by atoms with Gasteiger partial charge in [-0.2, -0.15) is 0 Å². The molecule has 0 unspecified atom stereocenters. The number of benzene rings is 2. The fourth-order valence-corrected chi connectivity index (χ4v) is 4.35. The Hall–Kier alpha value is -2.31. The van der Waals surface area contributed by atoms with Gasteiger partial charge in [0.15, 0.2) is 0 Å². The van der Waals surface area contributed by atoms with Crippen LogP contribution in [0.5, 0.6) is 5.19 Å². The molecule has 1 aromatic heterocycles. The van der Waals surface area contributed by atoms with Crippen molar-refractivity contribution in [2.75, 3.05) is 18.4 Å². The number of fused-ring (bicyclic) bond motifs is 1. The Bertz CT molecular complexity index is 967. The van der Waals surface area contributed by atoms with E-state index < -0.39 is 0 Å². The van der Waals surface area contributed by atoms with Crippen molar-refractivity contribution in [1.29, 1.82) is 0 Å². The number of halogens is 1. The first kappa shape index (κ1) is 18.1. The summed E-state index contributed by atoms with van der Waals surface area (Å²) in [6.45, 7) is 3.37. The van der Waals surface area contributed by atoms with Gasteiger partial charge < -0.3 is 15.0 Å². The Morgan fingerprint density at radius 1 is 1.26 bits per heavy atom. The molecule has 1 N–H and O–H groups in total. The summed E-state index contributed by atoms with van der Waals surface area (Å²) in [5, 5.41) is 4.20. The van der Waals surface area contributed by atoms with Crippen LogP contribution in [-0.2, 0) is 0 Å². The van der Waals surface area contributed by atoms with E-state index in [-0.39, 0.29) is 12.1 Å². The predicted molar refractivity (Wildman–Crippen MR) is 110 cm³/mol. The fourth-order valence-electron chi connectivity index (χ4n) is 3.20. The van der Waals surface area contributed by atoms with Crippen LogP contribution in [0.15, 0.2) is 42.5 Å². The van der Waals surface area contributed by atoms with E-state index in [1.165, 1.54) is 0 Å². The van der Waals surface area contributed by atoms with Crippen molar-refractivity contribution >= 4 is 44.9 Å². The molecular formula is C20H20ClN3O2S. The van der Waals surface area contributed by atoms with E-state index in [0.717, 1.165) is 28.6 Å². The summed E-state index contributed by atoms with van der Waals surface area (Å²) in [6, 6.07) is 13.2. The Labute approximate surface area is 166 Å². The van der Waals surface area contributed by atoms with Crippen LogP contribution < -0.4 is 10.1 Å². The van der Waals surface area contributed by atoms with Gasteiger partial charge in [0, 0.05) is 36.6 Å². The van der Waals surface area contributed by atoms with Crippen molar-refractivity contribution < 1.29 is 9.53 Å². The van der Waals surface area contributed by atoms with E-state index in [4.69, 9.17) is 16.3 Å². The number of amides is 2. The number of aryl methyl sites for hydroxylation is 1. The summed E-state index contributed by atoms with van der Waals surface area (Å²) in [7, 11) is 0. The Kier molecular flexibility index (Phi) is 5.18. The number of thiazole rings is 1. The lowest BCUT2D eigenvalue weighted by molar-refractivity contribution is 0.115. The number of hydrogen-bond acceptors (Lipinski definition) is 4. The number of carbonyl (C=O) groups is 1. The van der Waals surface area contributed by atoms with Crippen molar-refractivity contribution in [3.63, 3.8) is 0 Å². The van der Waals surface area contributed by atoms with Crippen LogP contribution in [0.3, 0.4) is 0 Å². The zero-order chi connectivity index (χ0) is 18.8. The molecule has 1 fully saturated rings. The molecule has 2 heterocycles. The zero-order valence-corrected chi connectivity index (χ0v) is 16.5. The van der Waals surface area contributed by atoms with Crippen LogP contribution in [0.2, 0.25) is 5.02 Å². The van der Waals surface area contributed by atoms with Gasteiger partial charge in [-0.1, -0.05) is 41.1 Å². The van der Waals surface area contributed by atoms with Crippen LogP contribution >= 0.6 is 22.9 Å². The van der Waals surface area contributed by atoms with Gasteiger partial charge in [0.2, 0.25) is 0 Å². The van der Waals surface area contributed by atoms with E-state index in [1.54, 1.807) is 23.5 Å². The van der Waals surface area contributed by atoms with E-state index in [1.807, 2.05) is 23.1 Å². The van der Waals surface area contributed by atoms with Gasteiger partial charge in [-0.15, -0.1) is 0 Å². The van der Waals surface area contributed by atoms with E-state index >= 15 is 0 Å². The highest BCUT2D eigenvalue weighted by atomic mass is 35.5. The lowest BCUT2D eigenvalue weighted by Gasteiger charge is -2.31. The van der Waals surface area contributed by atoms with Crippen molar-refractivity contribution in [3.8, 4) is 5.19 Å². The molecule has 140 valence electrons. The van der Waals surface area contributed by atoms with E-state index in [9.17, 15) is 4.79 Å². The molecule has 0 aliphatic carbocycles. The monoisotopic (exact) mass is 401 g/mol. The number of carbonyl (C=O) groups excluding carboxylic acids is 1. The maximum atomic E-state index is 12.4. The van der Waals surface area contributed by atoms with Crippen LogP contribution in [0.1, 0.15) is 18.4 Å².